The lowest BCUT2D eigenvalue weighted by Gasteiger charge is -2.22. The normalized spacial score (nSPS) is 11.8. The fourth-order valence-electron chi connectivity index (χ4n) is 2.62. The van der Waals surface area contributed by atoms with Gasteiger partial charge < -0.3 is 15.4 Å². The average Bonchev–Trinajstić information content (AvgIpc) is 2.62. The Balaban J connectivity index is 2.17. The smallest absolute Gasteiger partial charge is 0.255 e. The molecule has 0 spiro atoms. The first kappa shape index (κ1) is 20.8. The molecule has 0 heterocycles. The molecule has 0 aliphatic rings. The Hall–Kier alpha value is -2.53. The molecule has 0 saturated carbocycles. The second-order valence-corrected chi connectivity index (χ2v) is 7.00. The zero-order chi connectivity index (χ0) is 20.0. The van der Waals surface area contributed by atoms with Gasteiger partial charge in [-0.05, 0) is 49.6 Å². The number of hydrogen-bond donors (Lipinski definition) is 2. The van der Waals surface area contributed by atoms with Crippen LogP contribution in [-0.4, -0.2) is 24.5 Å². The molecule has 2 amide bonds. The van der Waals surface area contributed by atoms with Crippen molar-refractivity contribution in [1.29, 1.82) is 0 Å². The largest absolute Gasteiger partial charge is 0.493 e. The highest BCUT2D eigenvalue weighted by Gasteiger charge is 2.26. The van der Waals surface area contributed by atoms with Crippen LogP contribution >= 0.6 is 11.6 Å². The van der Waals surface area contributed by atoms with E-state index in [2.05, 4.69) is 10.6 Å². The van der Waals surface area contributed by atoms with E-state index in [1.54, 1.807) is 36.4 Å². The maximum atomic E-state index is 12.8. The Morgan fingerprint density at radius 1 is 1.15 bits per heavy atom. The van der Waals surface area contributed by atoms with Crippen molar-refractivity contribution in [3.05, 3.63) is 58.6 Å². The molecule has 1 atom stereocenters. The molecule has 0 aliphatic heterocycles. The second kappa shape index (κ2) is 9.42. The van der Waals surface area contributed by atoms with Crippen molar-refractivity contribution in [1.82, 2.24) is 5.32 Å². The van der Waals surface area contributed by atoms with Crippen LogP contribution in [0.3, 0.4) is 0 Å². The van der Waals surface area contributed by atoms with Crippen LogP contribution in [0, 0.1) is 12.8 Å². The molecule has 0 bridgehead atoms. The van der Waals surface area contributed by atoms with Crippen LogP contribution in [0.4, 0.5) is 5.69 Å². The van der Waals surface area contributed by atoms with Gasteiger partial charge in [-0.25, -0.2) is 0 Å². The number of ether oxygens (including phenoxy) is 1. The molecule has 0 unspecified atom stereocenters. The number of benzene rings is 2. The average molecular weight is 389 g/mol. The number of carbonyl (C=O) groups is 2. The monoisotopic (exact) mass is 388 g/mol. The van der Waals surface area contributed by atoms with Crippen molar-refractivity contribution in [2.45, 2.75) is 33.7 Å². The van der Waals surface area contributed by atoms with Crippen LogP contribution in [0.2, 0.25) is 5.02 Å². The molecule has 2 aromatic carbocycles. The van der Waals surface area contributed by atoms with E-state index in [0.29, 0.717) is 28.6 Å². The van der Waals surface area contributed by atoms with Gasteiger partial charge in [0.05, 0.1) is 22.9 Å². The van der Waals surface area contributed by atoms with Crippen LogP contribution in [0.25, 0.3) is 0 Å². The van der Waals surface area contributed by atoms with Crippen LogP contribution in [0.1, 0.15) is 36.7 Å². The fourth-order valence-corrected chi connectivity index (χ4v) is 2.90. The van der Waals surface area contributed by atoms with Gasteiger partial charge >= 0.3 is 0 Å². The highest BCUT2D eigenvalue weighted by Crippen LogP contribution is 2.23. The molecule has 2 aromatic rings. The number of aryl methyl sites for hydroxylation is 1. The van der Waals surface area contributed by atoms with Crippen LogP contribution in [-0.2, 0) is 4.79 Å². The minimum atomic E-state index is -0.718. The summed E-state index contributed by atoms with van der Waals surface area (Å²) in [5.74, 6) is -0.305. The molecule has 0 fully saturated rings. The van der Waals surface area contributed by atoms with Gasteiger partial charge in [-0.15, -0.1) is 0 Å². The third kappa shape index (κ3) is 5.47. The maximum Gasteiger partial charge on any atom is 0.255 e. The predicted molar refractivity (Wildman–Crippen MR) is 109 cm³/mol. The standard InChI is InChI=1S/C21H25ClN2O3/c1-5-27-18-9-7-6-8-15(18)20(25)24-19(13(2)3)21(26)23-17-11-10-14(4)12-16(17)22/h6-13,19H,5H2,1-4H3,(H,23,26)(H,24,25)/t19-/m0/s1. The lowest BCUT2D eigenvalue weighted by molar-refractivity contribution is -0.118. The van der Waals surface area contributed by atoms with E-state index in [1.165, 1.54) is 0 Å². The number of rotatable bonds is 7. The Morgan fingerprint density at radius 2 is 1.85 bits per heavy atom. The number of carbonyl (C=O) groups excluding carboxylic acids is 2. The molecule has 5 nitrogen and oxygen atoms in total. The summed E-state index contributed by atoms with van der Waals surface area (Å²) in [4.78, 5) is 25.5. The molecular weight excluding hydrogens is 364 g/mol. The third-order valence-corrected chi connectivity index (χ3v) is 4.36. The molecular formula is C21H25ClN2O3. The summed E-state index contributed by atoms with van der Waals surface area (Å²) in [6.45, 7) is 7.96. The first-order valence-corrected chi connectivity index (χ1v) is 9.31. The summed E-state index contributed by atoms with van der Waals surface area (Å²) in [6, 6.07) is 11.6. The van der Waals surface area contributed by atoms with Gasteiger partial charge in [-0.3, -0.25) is 9.59 Å². The van der Waals surface area contributed by atoms with Crippen molar-refractivity contribution in [2.75, 3.05) is 11.9 Å². The Labute approximate surface area is 165 Å². The SMILES string of the molecule is CCOc1ccccc1C(=O)N[C@H](C(=O)Nc1ccc(C)cc1Cl)C(C)C. The Morgan fingerprint density at radius 3 is 2.48 bits per heavy atom. The highest BCUT2D eigenvalue weighted by atomic mass is 35.5. The Kier molecular flexibility index (Phi) is 7.25. The molecule has 27 heavy (non-hydrogen) atoms. The number of para-hydroxylation sites is 1. The number of anilines is 1. The predicted octanol–water partition coefficient (Wildman–Crippen LogP) is 4.44. The van der Waals surface area contributed by atoms with Crippen LogP contribution in [0.5, 0.6) is 5.75 Å². The zero-order valence-electron chi connectivity index (χ0n) is 16.0. The maximum absolute atomic E-state index is 12.8. The van der Waals surface area contributed by atoms with E-state index in [0.717, 1.165) is 5.56 Å². The van der Waals surface area contributed by atoms with Gasteiger partial charge in [0.15, 0.2) is 0 Å². The number of nitrogens with one attached hydrogen (secondary N) is 2. The molecule has 2 rings (SSSR count). The second-order valence-electron chi connectivity index (χ2n) is 6.60. The lowest BCUT2D eigenvalue weighted by Crippen LogP contribution is -2.47. The summed E-state index contributed by atoms with van der Waals surface area (Å²) >= 11 is 6.20. The number of halogens is 1. The summed E-state index contributed by atoms with van der Waals surface area (Å²) in [6.07, 6.45) is 0. The van der Waals surface area contributed by atoms with Crippen molar-refractivity contribution in [3.63, 3.8) is 0 Å². The topological polar surface area (TPSA) is 67.4 Å². The minimum Gasteiger partial charge on any atom is -0.493 e. The van der Waals surface area contributed by atoms with Gasteiger partial charge in [-0.2, -0.15) is 0 Å². The van der Waals surface area contributed by atoms with Gasteiger partial charge in [-0.1, -0.05) is 43.6 Å². The third-order valence-electron chi connectivity index (χ3n) is 4.05. The van der Waals surface area contributed by atoms with Crippen LogP contribution in [0.15, 0.2) is 42.5 Å². The van der Waals surface area contributed by atoms with Crippen molar-refractivity contribution < 1.29 is 14.3 Å². The molecule has 0 aromatic heterocycles. The molecule has 6 heteroatoms. The van der Waals surface area contributed by atoms with E-state index in [9.17, 15) is 9.59 Å². The highest BCUT2D eigenvalue weighted by molar-refractivity contribution is 6.33. The molecule has 0 radical (unpaired) electrons. The van der Waals surface area contributed by atoms with E-state index in [-0.39, 0.29) is 17.7 Å². The summed E-state index contributed by atoms with van der Waals surface area (Å²) < 4.78 is 5.50. The van der Waals surface area contributed by atoms with Gasteiger partial charge in [0.1, 0.15) is 11.8 Å². The van der Waals surface area contributed by atoms with Gasteiger partial charge in [0.25, 0.3) is 5.91 Å². The van der Waals surface area contributed by atoms with E-state index in [4.69, 9.17) is 16.3 Å². The van der Waals surface area contributed by atoms with Crippen molar-refractivity contribution in [3.8, 4) is 5.75 Å². The minimum absolute atomic E-state index is 0.113. The van der Waals surface area contributed by atoms with E-state index >= 15 is 0 Å². The Bertz CT molecular complexity index is 821. The summed E-state index contributed by atoms with van der Waals surface area (Å²) in [7, 11) is 0. The van der Waals surface area contributed by atoms with Crippen molar-refractivity contribution >= 4 is 29.1 Å². The van der Waals surface area contributed by atoms with E-state index < -0.39 is 6.04 Å². The lowest BCUT2D eigenvalue weighted by atomic mass is 10.0. The first-order chi connectivity index (χ1) is 12.8. The molecule has 0 aliphatic carbocycles. The number of amides is 2. The molecule has 144 valence electrons. The van der Waals surface area contributed by atoms with Crippen molar-refractivity contribution in [2.24, 2.45) is 5.92 Å². The van der Waals surface area contributed by atoms with E-state index in [1.807, 2.05) is 33.8 Å². The number of hydrogen-bond acceptors (Lipinski definition) is 3. The summed E-state index contributed by atoms with van der Waals surface area (Å²) in [5.41, 5.74) is 1.91. The van der Waals surface area contributed by atoms with Gasteiger partial charge in [0.2, 0.25) is 5.91 Å². The summed E-state index contributed by atoms with van der Waals surface area (Å²) in [5, 5.41) is 6.06. The molecule has 2 N–H and O–H groups in total. The van der Waals surface area contributed by atoms with Crippen LogP contribution < -0.4 is 15.4 Å². The molecule has 0 saturated heterocycles. The first-order valence-electron chi connectivity index (χ1n) is 8.93. The quantitative estimate of drug-likeness (QED) is 0.736. The fraction of sp³-hybridized carbons (Fsp3) is 0.333. The zero-order valence-corrected chi connectivity index (χ0v) is 16.8. The van der Waals surface area contributed by atoms with Gasteiger partial charge in [0, 0.05) is 0 Å².